The zero-order valence-corrected chi connectivity index (χ0v) is 13.8. The molecule has 2 rings (SSSR count). The number of carboxylic acid groups (broad SMARTS) is 1. The maximum atomic E-state index is 12.6. The highest BCUT2D eigenvalue weighted by Crippen LogP contribution is 2.25. The lowest BCUT2D eigenvalue weighted by atomic mass is 10.4. The molecule has 0 spiro atoms. The summed E-state index contributed by atoms with van der Waals surface area (Å²) in [6.07, 6.45) is 2.18. The molecule has 0 amide bonds. The van der Waals surface area contributed by atoms with Crippen molar-refractivity contribution in [1.82, 2.24) is 8.87 Å². The van der Waals surface area contributed by atoms with Crippen LogP contribution in [0, 0.1) is 0 Å². The minimum Gasteiger partial charge on any atom is -0.477 e. The fourth-order valence-corrected chi connectivity index (χ4v) is 5.18. The molecule has 2 heterocycles. The molecule has 1 aromatic rings. The maximum Gasteiger partial charge on any atom is 0.352 e. The Morgan fingerprint density at radius 2 is 2.24 bits per heavy atom. The van der Waals surface area contributed by atoms with E-state index in [0.29, 0.717) is 19.6 Å². The summed E-state index contributed by atoms with van der Waals surface area (Å²) in [7, 11) is -3.61. The molecule has 0 saturated carbocycles. The van der Waals surface area contributed by atoms with Crippen LogP contribution in [0.3, 0.4) is 0 Å². The van der Waals surface area contributed by atoms with E-state index in [-0.39, 0.29) is 15.8 Å². The number of rotatable bonds is 5. The maximum absolute atomic E-state index is 12.6. The molecule has 1 atom stereocenters. The number of aromatic nitrogens is 1. The molecule has 1 saturated heterocycles. The van der Waals surface area contributed by atoms with Crippen molar-refractivity contribution in [3.05, 3.63) is 18.0 Å². The summed E-state index contributed by atoms with van der Waals surface area (Å²) >= 11 is 1.75. The molecule has 0 bridgehead atoms. The third-order valence-electron chi connectivity index (χ3n) is 3.40. The Bertz CT molecular complexity index is 624. The van der Waals surface area contributed by atoms with Gasteiger partial charge in [0.15, 0.2) is 0 Å². The Morgan fingerprint density at radius 1 is 1.52 bits per heavy atom. The van der Waals surface area contributed by atoms with Gasteiger partial charge in [-0.05, 0) is 12.5 Å². The number of aromatic carboxylic acids is 1. The smallest absolute Gasteiger partial charge is 0.352 e. The first-order valence-electron chi connectivity index (χ1n) is 6.91. The van der Waals surface area contributed by atoms with Crippen LogP contribution in [0.15, 0.2) is 17.2 Å². The van der Waals surface area contributed by atoms with Crippen LogP contribution in [0.5, 0.6) is 0 Å². The molecule has 1 unspecified atom stereocenters. The van der Waals surface area contributed by atoms with Gasteiger partial charge in [0, 0.05) is 36.8 Å². The number of carboxylic acids is 1. The Hall–Kier alpha value is -0.990. The van der Waals surface area contributed by atoms with Crippen molar-refractivity contribution in [3.8, 4) is 0 Å². The van der Waals surface area contributed by atoms with E-state index >= 15 is 0 Å². The third-order valence-corrected chi connectivity index (χ3v) is 6.36. The van der Waals surface area contributed by atoms with Crippen LogP contribution in [0.1, 0.15) is 30.8 Å². The second-order valence-electron chi connectivity index (χ2n) is 5.10. The van der Waals surface area contributed by atoms with Crippen LogP contribution in [-0.4, -0.2) is 52.5 Å². The van der Waals surface area contributed by atoms with Crippen molar-refractivity contribution >= 4 is 27.8 Å². The average molecular weight is 332 g/mol. The van der Waals surface area contributed by atoms with E-state index in [1.807, 2.05) is 13.8 Å². The van der Waals surface area contributed by atoms with Gasteiger partial charge in [0.05, 0.1) is 0 Å². The number of hydrogen-bond acceptors (Lipinski definition) is 4. The molecule has 21 heavy (non-hydrogen) atoms. The molecule has 0 aromatic carbocycles. The first kappa shape index (κ1) is 16.4. The van der Waals surface area contributed by atoms with E-state index in [1.165, 1.54) is 21.1 Å². The van der Waals surface area contributed by atoms with E-state index < -0.39 is 16.0 Å². The normalized spacial score (nSPS) is 20.6. The van der Waals surface area contributed by atoms with Gasteiger partial charge in [-0.1, -0.05) is 13.8 Å². The lowest BCUT2D eigenvalue weighted by molar-refractivity contribution is 0.0685. The second kappa shape index (κ2) is 6.41. The van der Waals surface area contributed by atoms with Crippen molar-refractivity contribution in [1.29, 1.82) is 0 Å². The summed E-state index contributed by atoms with van der Waals surface area (Å²) in [6, 6.07) is 1.26. The minimum absolute atomic E-state index is 0.0230. The highest BCUT2D eigenvalue weighted by atomic mass is 32.2. The van der Waals surface area contributed by atoms with Crippen molar-refractivity contribution in [2.24, 2.45) is 0 Å². The zero-order chi connectivity index (χ0) is 15.6. The quantitative estimate of drug-likeness (QED) is 0.888. The molecule has 6 nitrogen and oxygen atoms in total. The van der Waals surface area contributed by atoms with E-state index in [9.17, 15) is 18.3 Å². The summed E-state index contributed by atoms with van der Waals surface area (Å²) in [4.78, 5) is 11.3. The monoisotopic (exact) mass is 332 g/mol. The SMILES string of the molecule is CCCn1cc(S(=O)(=O)N2CCSC(C)C2)cc1C(=O)O. The number of thioether (sulfide) groups is 1. The van der Waals surface area contributed by atoms with Crippen LogP contribution < -0.4 is 0 Å². The van der Waals surface area contributed by atoms with Crippen LogP contribution >= 0.6 is 11.8 Å². The third kappa shape index (κ3) is 3.44. The highest BCUT2D eigenvalue weighted by Gasteiger charge is 2.31. The molecular weight excluding hydrogens is 312 g/mol. The van der Waals surface area contributed by atoms with Gasteiger partial charge in [0.25, 0.3) is 0 Å². The standard InChI is InChI=1S/C13H20N2O4S2/c1-3-4-14-9-11(7-12(14)13(16)17)21(18,19)15-5-6-20-10(2)8-15/h7,9-10H,3-6,8H2,1-2H3,(H,16,17). The molecule has 1 aliphatic heterocycles. The van der Waals surface area contributed by atoms with Crippen LogP contribution in [-0.2, 0) is 16.6 Å². The number of hydrogen-bond donors (Lipinski definition) is 1. The molecule has 0 aliphatic carbocycles. The number of carbonyl (C=O) groups is 1. The fraction of sp³-hybridized carbons (Fsp3) is 0.615. The van der Waals surface area contributed by atoms with Crippen molar-refractivity contribution < 1.29 is 18.3 Å². The molecular formula is C13H20N2O4S2. The molecule has 1 N–H and O–H groups in total. The zero-order valence-electron chi connectivity index (χ0n) is 12.2. The molecule has 118 valence electrons. The van der Waals surface area contributed by atoms with Crippen molar-refractivity contribution in [2.45, 2.75) is 37.0 Å². The highest BCUT2D eigenvalue weighted by molar-refractivity contribution is 8.00. The molecule has 1 aliphatic rings. The molecule has 1 aromatic heterocycles. The summed E-state index contributed by atoms with van der Waals surface area (Å²) in [5, 5.41) is 9.45. The van der Waals surface area contributed by atoms with Gasteiger partial charge in [-0.3, -0.25) is 0 Å². The Morgan fingerprint density at radius 3 is 2.81 bits per heavy atom. The van der Waals surface area contributed by atoms with Gasteiger partial charge in [-0.2, -0.15) is 16.1 Å². The summed E-state index contributed by atoms with van der Waals surface area (Å²) in [5.41, 5.74) is 0.0230. The fourth-order valence-electron chi connectivity index (χ4n) is 2.38. The molecule has 1 fully saturated rings. The largest absolute Gasteiger partial charge is 0.477 e. The van der Waals surface area contributed by atoms with E-state index in [2.05, 4.69) is 0 Å². The average Bonchev–Trinajstić information content (AvgIpc) is 2.84. The summed E-state index contributed by atoms with van der Waals surface area (Å²) in [5.74, 6) is -0.338. The van der Waals surface area contributed by atoms with Crippen molar-refractivity contribution in [2.75, 3.05) is 18.8 Å². The van der Waals surface area contributed by atoms with Crippen molar-refractivity contribution in [3.63, 3.8) is 0 Å². The number of aryl methyl sites for hydroxylation is 1. The Kier molecular flexibility index (Phi) is 5.00. The summed E-state index contributed by atoms with van der Waals surface area (Å²) in [6.45, 7) is 5.34. The van der Waals surface area contributed by atoms with Gasteiger partial charge in [-0.25, -0.2) is 13.2 Å². The topological polar surface area (TPSA) is 79.6 Å². The first-order valence-corrected chi connectivity index (χ1v) is 9.40. The van der Waals surface area contributed by atoms with Gasteiger partial charge >= 0.3 is 5.97 Å². The van der Waals surface area contributed by atoms with Gasteiger partial charge in [-0.15, -0.1) is 0 Å². The second-order valence-corrected chi connectivity index (χ2v) is 8.59. The lowest BCUT2D eigenvalue weighted by Gasteiger charge is -2.29. The predicted molar refractivity (Wildman–Crippen MR) is 82.4 cm³/mol. The van der Waals surface area contributed by atoms with Gasteiger partial charge in [0.2, 0.25) is 10.0 Å². The first-order chi connectivity index (χ1) is 9.86. The molecule has 0 radical (unpaired) electrons. The summed E-state index contributed by atoms with van der Waals surface area (Å²) < 4.78 is 28.2. The molecule has 8 heteroatoms. The van der Waals surface area contributed by atoms with Crippen LogP contribution in [0.25, 0.3) is 0 Å². The predicted octanol–water partition coefficient (Wildman–Crippen LogP) is 1.72. The number of nitrogens with zero attached hydrogens (tertiary/aromatic N) is 2. The Labute approximate surface area is 129 Å². The van der Waals surface area contributed by atoms with Crippen LogP contribution in [0.2, 0.25) is 0 Å². The van der Waals surface area contributed by atoms with E-state index in [4.69, 9.17) is 0 Å². The van der Waals surface area contributed by atoms with Gasteiger partial charge < -0.3 is 9.67 Å². The Balaban J connectivity index is 2.35. The van der Waals surface area contributed by atoms with E-state index in [0.717, 1.165) is 12.2 Å². The minimum atomic E-state index is -3.61. The van der Waals surface area contributed by atoms with E-state index in [1.54, 1.807) is 11.8 Å². The van der Waals surface area contributed by atoms with Crippen LogP contribution in [0.4, 0.5) is 0 Å². The number of sulfonamides is 1. The van der Waals surface area contributed by atoms with Gasteiger partial charge in [0.1, 0.15) is 10.6 Å². The lowest BCUT2D eigenvalue weighted by Crippen LogP contribution is -2.40.